The molecule has 0 saturated carbocycles. The predicted octanol–water partition coefficient (Wildman–Crippen LogP) is 2.88. The third-order valence-corrected chi connectivity index (χ3v) is 3.54. The molecule has 7 N–H and O–H groups in total. The lowest BCUT2D eigenvalue weighted by Gasteiger charge is -2.21. The van der Waals surface area contributed by atoms with E-state index < -0.39 is 11.7 Å². The number of benzene rings is 2. The fourth-order valence-electron chi connectivity index (χ4n) is 2.43. The molecule has 0 atom stereocenters. The minimum absolute atomic E-state index is 0.125. The fourth-order valence-corrected chi connectivity index (χ4v) is 2.43. The molecule has 3 aromatic rings. The Morgan fingerprint density at radius 2 is 1.52 bits per heavy atom. The van der Waals surface area contributed by atoms with E-state index in [1.54, 1.807) is 20.8 Å². The van der Waals surface area contributed by atoms with Crippen molar-refractivity contribution in [2.75, 3.05) is 22.5 Å². The van der Waals surface area contributed by atoms with Crippen LogP contribution in [0.3, 0.4) is 0 Å². The van der Waals surface area contributed by atoms with Crippen molar-refractivity contribution in [3.05, 3.63) is 24.3 Å². The maximum Gasteiger partial charge on any atom is 0.412 e. The maximum absolute atomic E-state index is 12.2. The van der Waals surface area contributed by atoms with Crippen molar-refractivity contribution >= 4 is 50.9 Å². The Hall–Kier alpha value is -3.29. The summed E-state index contributed by atoms with van der Waals surface area (Å²) in [7, 11) is 0. The summed E-state index contributed by atoms with van der Waals surface area (Å²) in [5.74, 6) is 0. The summed E-state index contributed by atoms with van der Waals surface area (Å²) >= 11 is 0. The van der Waals surface area contributed by atoms with Gasteiger partial charge in [0, 0.05) is 0 Å². The van der Waals surface area contributed by atoms with Crippen molar-refractivity contribution in [1.82, 2.24) is 9.97 Å². The molecule has 1 aromatic heterocycles. The molecular weight excluding hydrogens is 320 g/mol. The number of fused-ring (bicyclic) bond motifs is 2. The summed E-state index contributed by atoms with van der Waals surface area (Å²) in [5.41, 5.74) is 20.2. The van der Waals surface area contributed by atoms with Gasteiger partial charge in [0.15, 0.2) is 0 Å². The summed E-state index contributed by atoms with van der Waals surface area (Å²) in [5, 5.41) is 2.62. The number of nitrogen functional groups attached to an aromatic ring is 3. The monoisotopic (exact) mass is 340 g/mol. The highest BCUT2D eigenvalue weighted by molar-refractivity contribution is 6.13. The molecule has 0 bridgehead atoms. The fraction of sp³-hybridized carbons (Fsp3) is 0.235. The van der Waals surface area contributed by atoms with Crippen LogP contribution in [0.5, 0.6) is 0 Å². The lowest BCUT2D eigenvalue weighted by atomic mass is 10.1. The average molecular weight is 340 g/mol. The molecule has 8 nitrogen and oxygen atoms in total. The molecule has 0 aliphatic heterocycles. The maximum atomic E-state index is 12.2. The minimum atomic E-state index is -0.667. The number of carbonyl (C=O) groups excluding carboxylic acids is 1. The van der Waals surface area contributed by atoms with Crippen LogP contribution in [0.2, 0.25) is 0 Å². The molecule has 0 radical (unpaired) electrons. The van der Waals surface area contributed by atoms with Gasteiger partial charge >= 0.3 is 6.09 Å². The molecule has 25 heavy (non-hydrogen) atoms. The van der Waals surface area contributed by atoms with Crippen LogP contribution < -0.4 is 22.5 Å². The molecule has 8 heteroatoms. The molecule has 0 saturated heterocycles. The van der Waals surface area contributed by atoms with Crippen molar-refractivity contribution in [2.24, 2.45) is 0 Å². The number of carbonyl (C=O) groups is 1. The number of amides is 1. The largest absolute Gasteiger partial charge is 0.444 e. The first kappa shape index (κ1) is 16.6. The van der Waals surface area contributed by atoms with Crippen LogP contribution >= 0.6 is 0 Å². The summed E-state index contributed by atoms with van der Waals surface area (Å²) in [6, 6.07) is 7.31. The van der Waals surface area contributed by atoms with Crippen LogP contribution in [0.4, 0.5) is 27.5 Å². The van der Waals surface area contributed by atoms with Gasteiger partial charge in [0.05, 0.1) is 33.8 Å². The molecule has 130 valence electrons. The smallest absolute Gasteiger partial charge is 0.412 e. The SMILES string of the molecule is CC(C)(C)OC(=O)Nc1c(N)c(N)c(N)c2nc3ccccc3nc12. The van der Waals surface area contributed by atoms with Crippen LogP contribution in [0.15, 0.2) is 24.3 Å². The Labute approximate surface area is 144 Å². The second kappa shape index (κ2) is 5.66. The molecular formula is C17H20N6O2. The summed E-state index contributed by atoms with van der Waals surface area (Å²) in [6.07, 6.45) is -0.667. The van der Waals surface area contributed by atoms with Crippen molar-refractivity contribution in [1.29, 1.82) is 0 Å². The van der Waals surface area contributed by atoms with E-state index in [9.17, 15) is 4.79 Å². The molecule has 1 amide bonds. The zero-order valence-corrected chi connectivity index (χ0v) is 14.3. The van der Waals surface area contributed by atoms with Gasteiger partial charge < -0.3 is 21.9 Å². The van der Waals surface area contributed by atoms with E-state index in [1.165, 1.54) is 0 Å². The number of ether oxygens (including phenoxy) is 1. The number of aromatic nitrogens is 2. The highest BCUT2D eigenvalue weighted by Crippen LogP contribution is 2.39. The second-order valence-electron chi connectivity index (χ2n) is 6.65. The molecule has 3 rings (SSSR count). The average Bonchev–Trinajstić information content (AvgIpc) is 2.54. The van der Waals surface area contributed by atoms with Crippen molar-refractivity contribution in [3.8, 4) is 0 Å². The lowest BCUT2D eigenvalue weighted by Crippen LogP contribution is -2.27. The molecule has 0 fully saturated rings. The van der Waals surface area contributed by atoms with Gasteiger partial charge in [0.1, 0.15) is 16.6 Å². The highest BCUT2D eigenvalue weighted by atomic mass is 16.6. The Kier molecular flexibility index (Phi) is 3.75. The molecule has 0 spiro atoms. The van der Waals surface area contributed by atoms with E-state index >= 15 is 0 Å². The van der Waals surface area contributed by atoms with Crippen molar-refractivity contribution in [3.63, 3.8) is 0 Å². The van der Waals surface area contributed by atoms with E-state index in [1.807, 2.05) is 24.3 Å². The van der Waals surface area contributed by atoms with E-state index in [-0.39, 0.29) is 22.7 Å². The normalized spacial score (nSPS) is 11.6. The summed E-state index contributed by atoms with van der Waals surface area (Å²) < 4.78 is 5.28. The van der Waals surface area contributed by atoms with Gasteiger partial charge in [-0.15, -0.1) is 0 Å². The van der Waals surface area contributed by atoms with Crippen LogP contribution in [0, 0.1) is 0 Å². The Bertz CT molecular complexity index is 994. The van der Waals surface area contributed by atoms with Gasteiger partial charge in [-0.3, -0.25) is 5.32 Å². The standard InChI is InChI=1S/C17H20N6O2/c1-17(2,3)25-16(24)23-14-12(20)10(18)11(19)13-15(14)22-9-7-5-4-6-8(9)21-13/h4-7H,18-20H2,1-3H3,(H,23,24). The Morgan fingerprint density at radius 3 is 2.08 bits per heavy atom. The van der Waals surface area contributed by atoms with Crippen molar-refractivity contribution in [2.45, 2.75) is 26.4 Å². The number of hydrogen-bond donors (Lipinski definition) is 4. The number of hydrogen-bond acceptors (Lipinski definition) is 7. The van der Waals surface area contributed by atoms with E-state index in [0.29, 0.717) is 22.1 Å². The topological polar surface area (TPSA) is 142 Å². The number of rotatable bonds is 1. The number of nitrogens with two attached hydrogens (primary N) is 3. The zero-order valence-electron chi connectivity index (χ0n) is 14.3. The van der Waals surface area contributed by atoms with Crippen LogP contribution in [0.1, 0.15) is 20.8 Å². The molecule has 1 heterocycles. The van der Waals surface area contributed by atoms with Crippen molar-refractivity contribution < 1.29 is 9.53 Å². The molecule has 0 aliphatic rings. The van der Waals surface area contributed by atoms with E-state index in [4.69, 9.17) is 21.9 Å². The summed E-state index contributed by atoms with van der Waals surface area (Å²) in [6.45, 7) is 5.29. The van der Waals surface area contributed by atoms with E-state index in [0.717, 1.165) is 0 Å². The third kappa shape index (κ3) is 3.06. The molecule has 2 aromatic carbocycles. The number of anilines is 4. The quantitative estimate of drug-likeness (QED) is 0.394. The number of para-hydroxylation sites is 2. The first-order valence-corrected chi connectivity index (χ1v) is 7.70. The third-order valence-electron chi connectivity index (χ3n) is 3.54. The van der Waals surface area contributed by atoms with Gasteiger partial charge in [0.25, 0.3) is 0 Å². The van der Waals surface area contributed by atoms with Gasteiger partial charge in [-0.1, -0.05) is 12.1 Å². The number of nitrogens with one attached hydrogen (secondary N) is 1. The first-order valence-electron chi connectivity index (χ1n) is 7.70. The Balaban J connectivity index is 2.22. The first-order chi connectivity index (χ1) is 11.7. The highest BCUT2D eigenvalue weighted by Gasteiger charge is 2.22. The van der Waals surface area contributed by atoms with Crippen LogP contribution in [0.25, 0.3) is 22.1 Å². The van der Waals surface area contributed by atoms with Crippen LogP contribution in [-0.4, -0.2) is 21.7 Å². The van der Waals surface area contributed by atoms with Gasteiger partial charge in [-0.25, -0.2) is 14.8 Å². The Morgan fingerprint density at radius 1 is 0.960 bits per heavy atom. The summed E-state index contributed by atoms with van der Waals surface area (Å²) in [4.78, 5) is 21.2. The van der Waals surface area contributed by atoms with Gasteiger partial charge in [0.2, 0.25) is 0 Å². The molecule has 0 unspecified atom stereocenters. The zero-order chi connectivity index (χ0) is 18.4. The van der Waals surface area contributed by atoms with E-state index in [2.05, 4.69) is 15.3 Å². The molecule has 0 aliphatic carbocycles. The van der Waals surface area contributed by atoms with Crippen LogP contribution in [-0.2, 0) is 4.74 Å². The number of nitrogens with zero attached hydrogens (tertiary/aromatic N) is 2. The predicted molar refractivity (Wildman–Crippen MR) is 100 cm³/mol. The van der Waals surface area contributed by atoms with Gasteiger partial charge in [-0.2, -0.15) is 0 Å². The lowest BCUT2D eigenvalue weighted by molar-refractivity contribution is 0.0636. The van der Waals surface area contributed by atoms with Gasteiger partial charge in [-0.05, 0) is 32.9 Å². The minimum Gasteiger partial charge on any atom is -0.444 e. The second-order valence-corrected chi connectivity index (χ2v) is 6.65.